The summed E-state index contributed by atoms with van der Waals surface area (Å²) < 4.78 is 23.3. The average molecular weight is 464 g/mol. The number of ether oxygens (including phenoxy) is 2. The van der Waals surface area contributed by atoms with Crippen molar-refractivity contribution < 1.29 is 28.2 Å². The lowest BCUT2D eigenvalue weighted by Crippen LogP contribution is -2.23. The molecule has 0 saturated heterocycles. The van der Waals surface area contributed by atoms with Gasteiger partial charge < -0.3 is 20.1 Å². The zero-order chi connectivity index (χ0) is 24.3. The van der Waals surface area contributed by atoms with E-state index < -0.39 is 6.16 Å². The van der Waals surface area contributed by atoms with Crippen molar-refractivity contribution in [2.75, 3.05) is 11.9 Å². The highest BCUT2D eigenvalue weighted by atomic mass is 19.1. The largest absolute Gasteiger partial charge is 0.513 e. The first-order valence-electron chi connectivity index (χ1n) is 10.8. The lowest BCUT2D eigenvalue weighted by Gasteiger charge is -2.09. The number of benzene rings is 3. The van der Waals surface area contributed by atoms with Crippen molar-refractivity contribution in [3.05, 3.63) is 95.3 Å². The second kappa shape index (κ2) is 12.2. The number of carbonyl (C=O) groups is 3. The first-order chi connectivity index (χ1) is 16.4. The Kier molecular flexibility index (Phi) is 8.73. The molecule has 3 aromatic rings. The van der Waals surface area contributed by atoms with Crippen LogP contribution >= 0.6 is 0 Å². The highest BCUT2D eigenvalue weighted by molar-refractivity contribution is 6.04. The van der Waals surface area contributed by atoms with Crippen molar-refractivity contribution in [3.63, 3.8) is 0 Å². The third kappa shape index (κ3) is 7.44. The van der Waals surface area contributed by atoms with Crippen LogP contribution in [0.1, 0.15) is 34.8 Å². The van der Waals surface area contributed by atoms with Crippen LogP contribution in [0.15, 0.2) is 72.8 Å². The molecular formula is C26H25FN2O5. The van der Waals surface area contributed by atoms with Gasteiger partial charge in [0.05, 0.1) is 6.61 Å². The Hall–Kier alpha value is -4.20. The topological polar surface area (TPSA) is 93.7 Å². The molecule has 0 fully saturated rings. The maximum Gasteiger partial charge on any atom is 0.513 e. The molecule has 0 aromatic heterocycles. The fourth-order valence-electron chi connectivity index (χ4n) is 3.07. The van der Waals surface area contributed by atoms with Gasteiger partial charge in [-0.05, 0) is 66.9 Å². The molecule has 176 valence electrons. The molecule has 0 aliphatic heterocycles. The van der Waals surface area contributed by atoms with E-state index in [0.29, 0.717) is 29.8 Å². The number of hydrogen-bond donors (Lipinski definition) is 2. The minimum absolute atomic E-state index is 0.170. The van der Waals surface area contributed by atoms with Crippen LogP contribution in [0.3, 0.4) is 0 Å². The Morgan fingerprint density at radius 1 is 0.912 bits per heavy atom. The highest BCUT2D eigenvalue weighted by Crippen LogP contribution is 2.16. The molecule has 34 heavy (non-hydrogen) atoms. The molecule has 0 aliphatic rings. The SMILES string of the molecule is CCOC(=O)Oc1ccc(C(=O)Nc2ccc(CNC(=O)CCc3ccccc3F)cc2)cc1. The van der Waals surface area contributed by atoms with E-state index in [1.165, 1.54) is 30.3 Å². The van der Waals surface area contributed by atoms with Crippen LogP contribution in [0, 0.1) is 5.82 Å². The van der Waals surface area contributed by atoms with Crippen molar-refractivity contribution in [3.8, 4) is 5.75 Å². The number of carbonyl (C=O) groups excluding carboxylic acids is 3. The van der Waals surface area contributed by atoms with Gasteiger partial charge in [0.1, 0.15) is 11.6 Å². The van der Waals surface area contributed by atoms with Crippen molar-refractivity contribution in [2.24, 2.45) is 0 Å². The molecule has 0 radical (unpaired) electrons. The zero-order valence-electron chi connectivity index (χ0n) is 18.7. The standard InChI is InChI=1S/C26H25FN2O5/c1-2-33-26(32)34-22-14-9-20(10-15-22)25(31)29-21-12-7-18(8-13-21)17-28-24(30)16-11-19-5-3-4-6-23(19)27/h3-10,12-15H,2,11,16-17H2,1H3,(H,28,30)(H,29,31). The van der Waals surface area contributed by atoms with Crippen molar-refractivity contribution in [2.45, 2.75) is 26.3 Å². The normalized spacial score (nSPS) is 10.3. The summed E-state index contributed by atoms with van der Waals surface area (Å²) in [6.45, 7) is 2.21. The molecule has 0 spiro atoms. The molecule has 0 saturated carbocycles. The van der Waals surface area contributed by atoms with E-state index >= 15 is 0 Å². The number of anilines is 1. The summed E-state index contributed by atoms with van der Waals surface area (Å²) in [6, 6.07) is 19.5. The molecule has 8 heteroatoms. The van der Waals surface area contributed by atoms with Crippen LogP contribution in [0.5, 0.6) is 5.75 Å². The minimum Gasteiger partial charge on any atom is -0.434 e. The van der Waals surface area contributed by atoms with Gasteiger partial charge in [0.25, 0.3) is 5.91 Å². The van der Waals surface area contributed by atoms with Crippen LogP contribution in [0.2, 0.25) is 0 Å². The zero-order valence-corrected chi connectivity index (χ0v) is 18.7. The van der Waals surface area contributed by atoms with Gasteiger partial charge in [-0.15, -0.1) is 0 Å². The van der Waals surface area contributed by atoms with Gasteiger partial charge in [-0.1, -0.05) is 30.3 Å². The second-order valence-corrected chi connectivity index (χ2v) is 7.33. The summed E-state index contributed by atoms with van der Waals surface area (Å²) >= 11 is 0. The smallest absolute Gasteiger partial charge is 0.434 e. The Morgan fingerprint density at radius 2 is 1.62 bits per heavy atom. The van der Waals surface area contributed by atoms with Gasteiger partial charge in [0, 0.05) is 24.2 Å². The van der Waals surface area contributed by atoms with Crippen molar-refractivity contribution >= 4 is 23.7 Å². The third-order valence-corrected chi connectivity index (χ3v) is 4.86. The van der Waals surface area contributed by atoms with E-state index in [1.807, 2.05) is 0 Å². The van der Waals surface area contributed by atoms with Crippen molar-refractivity contribution in [1.82, 2.24) is 5.32 Å². The van der Waals surface area contributed by atoms with Crippen LogP contribution in [0.4, 0.5) is 14.9 Å². The van der Waals surface area contributed by atoms with E-state index in [0.717, 1.165) is 5.56 Å². The van der Waals surface area contributed by atoms with Crippen molar-refractivity contribution in [1.29, 1.82) is 0 Å². The second-order valence-electron chi connectivity index (χ2n) is 7.33. The van der Waals surface area contributed by atoms with Gasteiger partial charge in [0.2, 0.25) is 5.91 Å². The Bertz CT molecular complexity index is 1130. The van der Waals surface area contributed by atoms with E-state index in [4.69, 9.17) is 9.47 Å². The fourth-order valence-corrected chi connectivity index (χ4v) is 3.07. The molecule has 2 N–H and O–H groups in total. The van der Waals surface area contributed by atoms with E-state index in [9.17, 15) is 18.8 Å². The summed E-state index contributed by atoms with van der Waals surface area (Å²) in [6.07, 6.45) is -0.279. The number of nitrogens with one attached hydrogen (secondary N) is 2. The first kappa shape index (κ1) is 24.4. The Morgan fingerprint density at radius 3 is 2.29 bits per heavy atom. The summed E-state index contributed by atoms with van der Waals surface area (Å²) in [5.41, 5.74) is 2.35. The average Bonchev–Trinajstić information content (AvgIpc) is 2.83. The number of amides is 2. The summed E-state index contributed by atoms with van der Waals surface area (Å²) in [5, 5.41) is 5.59. The van der Waals surface area contributed by atoms with Crippen LogP contribution in [0.25, 0.3) is 0 Å². The maximum absolute atomic E-state index is 13.6. The van der Waals surface area contributed by atoms with Crippen LogP contribution < -0.4 is 15.4 Å². The molecule has 0 heterocycles. The predicted octanol–water partition coefficient (Wildman–Crippen LogP) is 4.86. The number of hydrogen-bond acceptors (Lipinski definition) is 5. The minimum atomic E-state index is -0.805. The molecule has 0 aliphatic carbocycles. The lowest BCUT2D eigenvalue weighted by molar-refractivity contribution is -0.121. The van der Waals surface area contributed by atoms with E-state index in [-0.39, 0.29) is 36.4 Å². The summed E-state index contributed by atoms with van der Waals surface area (Å²) in [7, 11) is 0. The first-order valence-corrected chi connectivity index (χ1v) is 10.8. The quantitative estimate of drug-likeness (QED) is 0.348. The van der Waals surface area contributed by atoms with Gasteiger partial charge in [-0.3, -0.25) is 9.59 Å². The van der Waals surface area contributed by atoms with Gasteiger partial charge in [0.15, 0.2) is 0 Å². The predicted molar refractivity (Wildman–Crippen MR) is 125 cm³/mol. The monoisotopic (exact) mass is 464 g/mol. The maximum atomic E-state index is 13.6. The third-order valence-electron chi connectivity index (χ3n) is 4.86. The van der Waals surface area contributed by atoms with Crippen LogP contribution in [-0.4, -0.2) is 24.6 Å². The van der Waals surface area contributed by atoms with Gasteiger partial charge in [-0.25, -0.2) is 9.18 Å². The molecule has 3 rings (SSSR count). The molecule has 0 bridgehead atoms. The van der Waals surface area contributed by atoms with E-state index in [1.54, 1.807) is 49.4 Å². The number of aryl methyl sites for hydroxylation is 1. The van der Waals surface area contributed by atoms with Crippen LogP contribution in [-0.2, 0) is 22.5 Å². The lowest BCUT2D eigenvalue weighted by atomic mass is 10.1. The summed E-state index contributed by atoms with van der Waals surface area (Å²) in [5.74, 6) is -0.530. The number of halogens is 1. The Balaban J connectivity index is 1.45. The molecule has 2 amide bonds. The molecule has 7 nitrogen and oxygen atoms in total. The Labute approximate surface area is 196 Å². The summed E-state index contributed by atoms with van der Waals surface area (Å²) in [4.78, 5) is 35.8. The highest BCUT2D eigenvalue weighted by Gasteiger charge is 2.10. The number of rotatable bonds is 9. The fraction of sp³-hybridized carbons (Fsp3) is 0.192. The van der Waals surface area contributed by atoms with E-state index in [2.05, 4.69) is 10.6 Å². The molecular weight excluding hydrogens is 439 g/mol. The van der Waals surface area contributed by atoms with Gasteiger partial charge in [-0.2, -0.15) is 0 Å². The molecule has 0 unspecified atom stereocenters. The molecule has 0 atom stereocenters. The molecule has 3 aromatic carbocycles. The van der Waals surface area contributed by atoms with Gasteiger partial charge >= 0.3 is 6.16 Å².